The molecule has 8 nitrogen and oxygen atoms in total. The first-order chi connectivity index (χ1) is 15.0. The van der Waals surface area contributed by atoms with Crippen molar-refractivity contribution in [2.75, 3.05) is 26.6 Å². The predicted octanol–water partition coefficient (Wildman–Crippen LogP) is 3.36. The molecule has 0 saturated carbocycles. The molecule has 0 fully saturated rings. The van der Waals surface area contributed by atoms with E-state index in [-0.39, 0.29) is 17.9 Å². The molecule has 31 heavy (non-hydrogen) atoms. The number of carbonyl (C=O) groups excluding carboxylic acids is 1. The van der Waals surface area contributed by atoms with Crippen molar-refractivity contribution in [2.45, 2.75) is 19.4 Å². The lowest BCUT2D eigenvalue weighted by Crippen LogP contribution is -2.23. The highest BCUT2D eigenvalue weighted by atomic mass is 16.5. The van der Waals surface area contributed by atoms with Crippen LogP contribution in [0.15, 0.2) is 59.4 Å². The van der Waals surface area contributed by atoms with E-state index in [9.17, 15) is 9.59 Å². The molecule has 0 unspecified atom stereocenters. The quantitative estimate of drug-likeness (QED) is 0.568. The van der Waals surface area contributed by atoms with E-state index < -0.39 is 0 Å². The van der Waals surface area contributed by atoms with Crippen molar-refractivity contribution >= 4 is 11.6 Å². The average Bonchev–Trinajstić information content (AvgIpc) is 2.80. The lowest BCUT2D eigenvalue weighted by atomic mass is 10.1. The summed E-state index contributed by atoms with van der Waals surface area (Å²) < 4.78 is 17.2. The molecule has 0 spiro atoms. The maximum Gasteiger partial charge on any atom is 0.266 e. The van der Waals surface area contributed by atoms with Crippen molar-refractivity contribution in [3.05, 3.63) is 65.0 Å². The molecule has 162 valence electrons. The smallest absolute Gasteiger partial charge is 0.266 e. The molecule has 1 N–H and O–H groups in total. The van der Waals surface area contributed by atoms with Crippen LogP contribution >= 0.6 is 0 Å². The fourth-order valence-electron chi connectivity index (χ4n) is 3.11. The first kappa shape index (κ1) is 21.9. The third-order valence-electron chi connectivity index (χ3n) is 4.70. The second kappa shape index (κ2) is 10.3. The second-order valence-electron chi connectivity index (χ2n) is 6.70. The number of methoxy groups -OCH3 is 3. The van der Waals surface area contributed by atoms with E-state index in [0.717, 1.165) is 5.56 Å². The SMILES string of the molecule is COc1ccccc1NC(=O)CCCn1nc(-c2ccc(OC)c(OC)c2)ccc1=O. The highest BCUT2D eigenvalue weighted by Gasteiger charge is 2.10. The zero-order valence-corrected chi connectivity index (χ0v) is 17.8. The maximum absolute atomic E-state index is 12.3. The van der Waals surface area contributed by atoms with Crippen molar-refractivity contribution in [1.29, 1.82) is 0 Å². The molecule has 1 aromatic heterocycles. The summed E-state index contributed by atoms with van der Waals surface area (Å²) in [6.45, 7) is 0.319. The molecule has 8 heteroatoms. The number of carbonyl (C=O) groups is 1. The number of aryl methyl sites for hydroxylation is 1. The number of nitrogens with zero attached hydrogens (tertiary/aromatic N) is 2. The van der Waals surface area contributed by atoms with Crippen LogP contribution in [0.1, 0.15) is 12.8 Å². The van der Waals surface area contributed by atoms with Crippen LogP contribution in [-0.2, 0) is 11.3 Å². The van der Waals surface area contributed by atoms with Gasteiger partial charge >= 0.3 is 0 Å². The van der Waals surface area contributed by atoms with Gasteiger partial charge in [0.1, 0.15) is 5.75 Å². The molecule has 1 heterocycles. The largest absolute Gasteiger partial charge is 0.495 e. The molecule has 0 bridgehead atoms. The molecular formula is C23H25N3O5. The lowest BCUT2D eigenvalue weighted by Gasteiger charge is -2.11. The van der Waals surface area contributed by atoms with E-state index in [0.29, 0.717) is 41.6 Å². The third-order valence-corrected chi connectivity index (χ3v) is 4.70. The van der Waals surface area contributed by atoms with Crippen LogP contribution in [0.3, 0.4) is 0 Å². The van der Waals surface area contributed by atoms with E-state index in [1.807, 2.05) is 18.2 Å². The first-order valence-corrected chi connectivity index (χ1v) is 9.79. The summed E-state index contributed by atoms with van der Waals surface area (Å²) in [5.41, 5.74) is 1.80. The van der Waals surface area contributed by atoms with Gasteiger partial charge in [0, 0.05) is 24.6 Å². The van der Waals surface area contributed by atoms with Gasteiger partial charge in [0.25, 0.3) is 5.56 Å². The van der Waals surface area contributed by atoms with E-state index in [4.69, 9.17) is 14.2 Å². The Kier molecular flexibility index (Phi) is 7.26. The molecule has 0 radical (unpaired) electrons. The zero-order chi connectivity index (χ0) is 22.2. The summed E-state index contributed by atoms with van der Waals surface area (Å²) in [6, 6.07) is 15.8. The van der Waals surface area contributed by atoms with Crippen LogP contribution in [0.5, 0.6) is 17.2 Å². The Morgan fingerprint density at radius 3 is 2.42 bits per heavy atom. The second-order valence-corrected chi connectivity index (χ2v) is 6.70. The van der Waals surface area contributed by atoms with E-state index in [1.165, 1.54) is 10.7 Å². The van der Waals surface area contributed by atoms with Gasteiger partial charge in [-0.1, -0.05) is 12.1 Å². The van der Waals surface area contributed by atoms with Gasteiger partial charge in [0.15, 0.2) is 11.5 Å². The number of nitrogens with one attached hydrogen (secondary N) is 1. The Morgan fingerprint density at radius 1 is 0.935 bits per heavy atom. The predicted molar refractivity (Wildman–Crippen MR) is 118 cm³/mol. The number of rotatable bonds is 9. The normalized spacial score (nSPS) is 10.4. The van der Waals surface area contributed by atoms with Crippen LogP contribution < -0.4 is 25.1 Å². The number of benzene rings is 2. The molecule has 0 aliphatic rings. The van der Waals surface area contributed by atoms with Gasteiger partial charge in [0.05, 0.1) is 32.7 Å². The molecule has 0 aliphatic heterocycles. The minimum atomic E-state index is -0.227. The Labute approximate surface area is 180 Å². The number of para-hydroxylation sites is 2. The Hall–Kier alpha value is -3.81. The van der Waals surface area contributed by atoms with Crippen LogP contribution in [0, 0.1) is 0 Å². The van der Waals surface area contributed by atoms with Gasteiger partial charge in [-0.05, 0) is 42.8 Å². The summed E-state index contributed by atoms with van der Waals surface area (Å²) in [5, 5.41) is 7.26. The summed E-state index contributed by atoms with van der Waals surface area (Å²) in [6.07, 6.45) is 0.704. The minimum absolute atomic E-state index is 0.159. The van der Waals surface area contributed by atoms with Gasteiger partial charge in [-0.2, -0.15) is 5.10 Å². The Morgan fingerprint density at radius 2 is 1.68 bits per heavy atom. The standard InChI is InChI=1S/C23H25N3O5/c1-29-19-8-5-4-7-18(19)24-22(27)9-6-14-26-23(28)13-11-17(25-26)16-10-12-20(30-2)21(15-16)31-3/h4-5,7-8,10-13,15H,6,9,14H2,1-3H3,(H,24,27). The highest BCUT2D eigenvalue weighted by molar-refractivity contribution is 5.92. The minimum Gasteiger partial charge on any atom is -0.495 e. The summed E-state index contributed by atoms with van der Waals surface area (Å²) in [5.74, 6) is 1.62. The number of aromatic nitrogens is 2. The Balaban J connectivity index is 1.66. The van der Waals surface area contributed by atoms with Crippen molar-refractivity contribution in [3.8, 4) is 28.5 Å². The number of anilines is 1. The first-order valence-electron chi connectivity index (χ1n) is 9.79. The fraction of sp³-hybridized carbons (Fsp3) is 0.261. The zero-order valence-electron chi connectivity index (χ0n) is 17.8. The van der Waals surface area contributed by atoms with Gasteiger partial charge < -0.3 is 19.5 Å². The highest BCUT2D eigenvalue weighted by Crippen LogP contribution is 2.31. The van der Waals surface area contributed by atoms with Crippen LogP contribution in [0.2, 0.25) is 0 Å². The van der Waals surface area contributed by atoms with E-state index in [2.05, 4.69) is 10.4 Å². The molecule has 1 amide bonds. The molecule has 0 saturated heterocycles. The van der Waals surface area contributed by atoms with E-state index >= 15 is 0 Å². The topological polar surface area (TPSA) is 91.7 Å². The summed E-state index contributed by atoms with van der Waals surface area (Å²) in [7, 11) is 4.68. The molecule has 0 atom stereocenters. The summed E-state index contributed by atoms with van der Waals surface area (Å²) >= 11 is 0. The van der Waals surface area contributed by atoms with Crippen molar-refractivity contribution in [2.24, 2.45) is 0 Å². The number of amides is 1. The monoisotopic (exact) mass is 423 g/mol. The Bertz CT molecular complexity index is 1110. The molecule has 0 aliphatic carbocycles. The molecule has 3 aromatic rings. The van der Waals surface area contributed by atoms with Gasteiger partial charge in [-0.25, -0.2) is 4.68 Å². The van der Waals surface area contributed by atoms with E-state index in [1.54, 1.807) is 51.7 Å². The van der Waals surface area contributed by atoms with Crippen LogP contribution in [0.25, 0.3) is 11.3 Å². The third kappa shape index (κ3) is 5.42. The number of ether oxygens (including phenoxy) is 3. The summed E-state index contributed by atoms with van der Waals surface area (Å²) in [4.78, 5) is 24.5. The van der Waals surface area contributed by atoms with Crippen LogP contribution in [0.4, 0.5) is 5.69 Å². The van der Waals surface area contributed by atoms with Crippen molar-refractivity contribution in [1.82, 2.24) is 9.78 Å². The number of hydrogen-bond donors (Lipinski definition) is 1. The van der Waals surface area contributed by atoms with Crippen LogP contribution in [-0.4, -0.2) is 37.0 Å². The van der Waals surface area contributed by atoms with Gasteiger partial charge in [-0.3, -0.25) is 9.59 Å². The van der Waals surface area contributed by atoms with Gasteiger partial charge in [0.2, 0.25) is 5.91 Å². The molecule has 3 rings (SSSR count). The van der Waals surface area contributed by atoms with Crippen molar-refractivity contribution in [3.63, 3.8) is 0 Å². The van der Waals surface area contributed by atoms with Crippen molar-refractivity contribution < 1.29 is 19.0 Å². The molecular weight excluding hydrogens is 398 g/mol. The number of hydrogen-bond acceptors (Lipinski definition) is 6. The lowest BCUT2D eigenvalue weighted by molar-refractivity contribution is -0.116. The maximum atomic E-state index is 12.3. The molecule has 2 aromatic carbocycles. The van der Waals surface area contributed by atoms with Gasteiger partial charge in [-0.15, -0.1) is 0 Å². The fourth-order valence-corrected chi connectivity index (χ4v) is 3.11. The average molecular weight is 423 g/mol.